The second-order valence-electron chi connectivity index (χ2n) is 3.55. The van der Waals surface area contributed by atoms with Gasteiger partial charge in [-0.1, -0.05) is 56.8 Å². The van der Waals surface area contributed by atoms with Crippen LogP contribution in [0.1, 0.15) is 15.9 Å². The minimum atomic E-state index is -0.250. The van der Waals surface area contributed by atoms with Crippen LogP contribution in [0.5, 0.6) is 0 Å². The van der Waals surface area contributed by atoms with E-state index in [-0.39, 0.29) is 10.8 Å². The SMILES string of the molecule is O=C(c1ccc(Br)cc1Cl)c1cccc(Cl)c1Cl. The van der Waals surface area contributed by atoms with E-state index >= 15 is 0 Å². The van der Waals surface area contributed by atoms with Crippen molar-refractivity contribution in [3.05, 3.63) is 67.1 Å². The molecule has 2 aromatic rings. The molecule has 0 aliphatic heterocycles. The topological polar surface area (TPSA) is 17.1 Å². The first-order chi connectivity index (χ1) is 8.50. The zero-order valence-corrected chi connectivity index (χ0v) is 12.7. The predicted octanol–water partition coefficient (Wildman–Crippen LogP) is 5.64. The van der Waals surface area contributed by atoms with Gasteiger partial charge < -0.3 is 0 Å². The van der Waals surface area contributed by atoms with E-state index in [1.54, 1.807) is 36.4 Å². The molecule has 0 fully saturated rings. The van der Waals surface area contributed by atoms with Crippen LogP contribution in [0.2, 0.25) is 15.1 Å². The van der Waals surface area contributed by atoms with Crippen molar-refractivity contribution in [3.63, 3.8) is 0 Å². The zero-order chi connectivity index (χ0) is 13.3. The molecule has 1 nitrogen and oxygen atoms in total. The number of carbonyl (C=O) groups excluding carboxylic acids is 1. The van der Waals surface area contributed by atoms with Gasteiger partial charge in [0.15, 0.2) is 5.78 Å². The van der Waals surface area contributed by atoms with Crippen LogP contribution >= 0.6 is 50.7 Å². The van der Waals surface area contributed by atoms with Crippen LogP contribution < -0.4 is 0 Å². The van der Waals surface area contributed by atoms with Crippen molar-refractivity contribution in [2.45, 2.75) is 0 Å². The molecule has 18 heavy (non-hydrogen) atoms. The molecule has 0 radical (unpaired) electrons. The standard InChI is InChI=1S/C13H6BrCl3O/c14-7-4-5-8(11(16)6-7)13(18)9-2-1-3-10(15)12(9)17/h1-6H. The van der Waals surface area contributed by atoms with E-state index in [0.717, 1.165) is 4.47 Å². The van der Waals surface area contributed by atoms with E-state index in [1.807, 2.05) is 0 Å². The van der Waals surface area contributed by atoms with Gasteiger partial charge >= 0.3 is 0 Å². The van der Waals surface area contributed by atoms with Crippen molar-refractivity contribution in [2.24, 2.45) is 0 Å². The molecule has 2 rings (SSSR count). The Balaban J connectivity index is 2.51. The van der Waals surface area contributed by atoms with Gasteiger partial charge in [0.05, 0.1) is 15.1 Å². The summed E-state index contributed by atoms with van der Waals surface area (Å²) in [5.74, 6) is -0.250. The Bertz CT molecular complexity index is 626. The monoisotopic (exact) mass is 362 g/mol. The quantitative estimate of drug-likeness (QED) is 0.630. The third kappa shape index (κ3) is 2.72. The molecule has 0 saturated carbocycles. The van der Waals surface area contributed by atoms with Gasteiger partial charge in [-0.15, -0.1) is 0 Å². The van der Waals surface area contributed by atoms with E-state index in [9.17, 15) is 4.79 Å². The summed E-state index contributed by atoms with van der Waals surface area (Å²) in [5, 5.41) is 0.948. The van der Waals surface area contributed by atoms with Crippen molar-refractivity contribution in [1.82, 2.24) is 0 Å². The van der Waals surface area contributed by atoms with Crippen molar-refractivity contribution >= 4 is 56.5 Å². The normalized spacial score (nSPS) is 10.4. The molecule has 0 atom stereocenters. The van der Waals surface area contributed by atoms with Crippen molar-refractivity contribution in [2.75, 3.05) is 0 Å². The molecule has 2 aromatic carbocycles. The van der Waals surface area contributed by atoms with Crippen LogP contribution in [0.3, 0.4) is 0 Å². The van der Waals surface area contributed by atoms with Crippen LogP contribution in [0.4, 0.5) is 0 Å². The number of carbonyl (C=O) groups is 1. The summed E-state index contributed by atoms with van der Waals surface area (Å²) in [6.07, 6.45) is 0. The summed E-state index contributed by atoms with van der Waals surface area (Å²) in [6.45, 7) is 0. The minimum absolute atomic E-state index is 0.239. The van der Waals surface area contributed by atoms with Gasteiger partial charge in [-0.3, -0.25) is 4.79 Å². The lowest BCUT2D eigenvalue weighted by molar-refractivity contribution is 0.103. The highest BCUT2D eigenvalue weighted by molar-refractivity contribution is 9.10. The van der Waals surface area contributed by atoms with Gasteiger partial charge in [-0.25, -0.2) is 0 Å². The van der Waals surface area contributed by atoms with Gasteiger partial charge in [-0.2, -0.15) is 0 Å². The van der Waals surface area contributed by atoms with Crippen molar-refractivity contribution in [3.8, 4) is 0 Å². The third-order valence-electron chi connectivity index (χ3n) is 2.37. The van der Waals surface area contributed by atoms with Gasteiger partial charge in [0.1, 0.15) is 0 Å². The molecule has 0 aliphatic rings. The van der Waals surface area contributed by atoms with Gasteiger partial charge in [0.2, 0.25) is 0 Å². The van der Waals surface area contributed by atoms with Crippen molar-refractivity contribution < 1.29 is 4.79 Å². The molecular formula is C13H6BrCl3O. The van der Waals surface area contributed by atoms with Crippen LogP contribution in [-0.2, 0) is 0 Å². The first-order valence-electron chi connectivity index (χ1n) is 4.94. The number of hydrogen-bond donors (Lipinski definition) is 0. The Morgan fingerprint density at radius 2 is 1.67 bits per heavy atom. The maximum atomic E-state index is 12.3. The van der Waals surface area contributed by atoms with Crippen LogP contribution in [0, 0.1) is 0 Å². The van der Waals surface area contributed by atoms with Gasteiger partial charge in [0, 0.05) is 15.6 Å². The first-order valence-corrected chi connectivity index (χ1v) is 6.87. The molecule has 5 heteroatoms. The third-order valence-corrected chi connectivity index (χ3v) is 4.00. The average molecular weight is 364 g/mol. The van der Waals surface area contributed by atoms with Gasteiger partial charge in [0.25, 0.3) is 0 Å². The summed E-state index contributed by atoms with van der Waals surface area (Å²) < 4.78 is 0.807. The lowest BCUT2D eigenvalue weighted by Crippen LogP contribution is -2.03. The fraction of sp³-hybridized carbons (Fsp3) is 0. The van der Waals surface area contributed by atoms with Crippen LogP contribution in [0.15, 0.2) is 40.9 Å². The summed E-state index contributed by atoms with van der Waals surface area (Å²) in [5.41, 5.74) is 0.734. The van der Waals surface area contributed by atoms with Crippen LogP contribution in [0.25, 0.3) is 0 Å². The highest BCUT2D eigenvalue weighted by Gasteiger charge is 2.17. The van der Waals surface area contributed by atoms with E-state index in [0.29, 0.717) is 21.2 Å². The zero-order valence-electron chi connectivity index (χ0n) is 8.88. The van der Waals surface area contributed by atoms with Crippen molar-refractivity contribution in [1.29, 1.82) is 0 Å². The Morgan fingerprint density at radius 3 is 2.33 bits per heavy atom. The second-order valence-corrected chi connectivity index (χ2v) is 5.66. The smallest absolute Gasteiger partial charge is 0.196 e. The molecule has 0 aliphatic carbocycles. The molecule has 0 amide bonds. The fourth-order valence-corrected chi connectivity index (χ4v) is 2.64. The Kier molecular flexibility index (Phi) is 4.33. The number of hydrogen-bond acceptors (Lipinski definition) is 1. The molecule has 0 bridgehead atoms. The van der Waals surface area contributed by atoms with E-state index in [1.165, 1.54) is 0 Å². The first kappa shape index (κ1) is 13.9. The summed E-state index contributed by atoms with van der Waals surface area (Å²) in [7, 11) is 0. The van der Waals surface area contributed by atoms with E-state index < -0.39 is 0 Å². The molecule has 0 aromatic heterocycles. The Morgan fingerprint density at radius 1 is 0.944 bits per heavy atom. The lowest BCUT2D eigenvalue weighted by Gasteiger charge is -2.07. The second kappa shape index (κ2) is 5.62. The predicted molar refractivity (Wildman–Crippen MR) is 79.0 cm³/mol. The Hall–Kier alpha value is -0.540. The number of benzene rings is 2. The maximum absolute atomic E-state index is 12.3. The molecule has 0 saturated heterocycles. The summed E-state index contributed by atoms with van der Waals surface area (Å²) >= 11 is 21.2. The van der Waals surface area contributed by atoms with E-state index in [4.69, 9.17) is 34.8 Å². The summed E-state index contributed by atoms with van der Waals surface area (Å²) in [6, 6.07) is 9.98. The fourth-order valence-electron chi connectivity index (χ4n) is 1.50. The number of ketones is 1. The minimum Gasteiger partial charge on any atom is -0.288 e. The average Bonchev–Trinajstić information content (AvgIpc) is 2.32. The molecule has 92 valence electrons. The van der Waals surface area contributed by atoms with Crippen LogP contribution in [-0.4, -0.2) is 5.78 Å². The molecular weight excluding hydrogens is 358 g/mol. The maximum Gasteiger partial charge on any atom is 0.196 e. The highest BCUT2D eigenvalue weighted by Crippen LogP contribution is 2.30. The van der Waals surface area contributed by atoms with E-state index in [2.05, 4.69) is 15.9 Å². The van der Waals surface area contributed by atoms with Gasteiger partial charge in [-0.05, 0) is 30.3 Å². The molecule has 0 unspecified atom stereocenters. The number of halogens is 4. The summed E-state index contributed by atoms with van der Waals surface area (Å²) in [4.78, 5) is 12.3. The number of rotatable bonds is 2. The largest absolute Gasteiger partial charge is 0.288 e. The lowest BCUT2D eigenvalue weighted by atomic mass is 10.0. The molecule has 0 heterocycles. The highest BCUT2D eigenvalue weighted by atomic mass is 79.9. The Labute approximate surface area is 128 Å². The molecule has 0 spiro atoms. The molecule has 0 N–H and O–H groups in total.